The lowest BCUT2D eigenvalue weighted by molar-refractivity contribution is -0.152. The van der Waals surface area contributed by atoms with Gasteiger partial charge in [-0.2, -0.15) is 30.6 Å². The number of thiocarbonyl (C=S) groups is 1. The van der Waals surface area contributed by atoms with Crippen molar-refractivity contribution in [1.82, 2.24) is 59.4 Å². The minimum atomic E-state index is -0.486. The molecule has 6 aliphatic heterocycles. The number of carbonyl (C=O) groups is 2. The third-order valence-electron chi connectivity index (χ3n) is 17.8. The molecule has 1 saturated heterocycles. The number of hydrogen-bond donors (Lipinski definition) is 1. The van der Waals surface area contributed by atoms with Crippen LogP contribution in [0.4, 0.5) is 5.69 Å². The van der Waals surface area contributed by atoms with Crippen molar-refractivity contribution in [2.45, 2.75) is 63.0 Å². The number of nitrogens with zero attached hydrogens (tertiary/aromatic N) is 18. The molecule has 0 radical (unpaired) electrons. The Labute approximate surface area is 693 Å². The van der Waals surface area contributed by atoms with E-state index in [1.165, 1.54) is 78.7 Å². The maximum atomic E-state index is 10.1. The first-order valence-electron chi connectivity index (χ1n) is 34.8. The predicted octanol–water partition coefficient (Wildman–Crippen LogP) is 13.1. The van der Waals surface area contributed by atoms with E-state index in [1.54, 1.807) is 35.6 Å². The fourth-order valence-corrected chi connectivity index (χ4v) is 15.0. The molecule has 110 heavy (non-hydrogen) atoms. The second-order valence-electron chi connectivity index (χ2n) is 25.4. The molecule has 9 aromatic rings. The Bertz CT molecular complexity index is 4590. The number of benzene rings is 8. The SMILES string of the molecule is CC1N(C)N=C([S-])N1C.CCN1C([S-])=NN(C)C1OC=O.CN1CN(C2CCCS2)C([S-])=N1.CN1CN(c2ccccc2)C([S-])=N1.CN1N=C([S-])N(C)C1OC=O.Cc1nc([S-])nn1C.S=C(S)c1cccc(-c2cccc(-c3cc(-c4cccc(-c5ccccc5)c4)cc(-c4cccc(-c5ccccc5)c4)c3)c2)c1. The van der Waals surface area contributed by atoms with Gasteiger partial charge in [-0.15, -0.1) is 24.4 Å². The van der Waals surface area contributed by atoms with Gasteiger partial charge in [-0.05, 0) is 166 Å². The molecule has 576 valence electrons. The van der Waals surface area contributed by atoms with Crippen molar-refractivity contribution < 1.29 is 19.1 Å². The Morgan fingerprint density at radius 3 is 1.29 bits per heavy atom. The molecule has 4 unspecified atom stereocenters. The van der Waals surface area contributed by atoms with Gasteiger partial charge in [0.25, 0.3) is 25.6 Å². The molecule has 1 aromatic heterocycles. The van der Waals surface area contributed by atoms with Crippen LogP contribution < -0.4 is 4.90 Å². The van der Waals surface area contributed by atoms with Crippen LogP contribution in [-0.2, 0) is 102 Å². The Balaban J connectivity index is 0.000000173. The fraction of sp³-hybridized carbons (Fsp3) is 0.266. The summed E-state index contributed by atoms with van der Waals surface area (Å²) in [7, 11) is 14.7. The van der Waals surface area contributed by atoms with E-state index in [0.717, 1.165) is 52.3 Å². The lowest BCUT2D eigenvalue weighted by atomic mass is 9.90. The van der Waals surface area contributed by atoms with E-state index < -0.39 is 12.7 Å². The molecular weight excluding hydrogens is 1550 g/mol. The highest BCUT2D eigenvalue weighted by Crippen LogP contribution is 2.38. The summed E-state index contributed by atoms with van der Waals surface area (Å²) in [4.78, 5) is 33.5. The monoisotopic (exact) mass is 1640 g/mol. The fourth-order valence-electron chi connectivity index (χ4n) is 11.7. The maximum Gasteiger partial charge on any atom is 0.296 e. The molecule has 0 aliphatic carbocycles. The number of aromatic nitrogens is 3. The van der Waals surface area contributed by atoms with Gasteiger partial charge < -0.3 is 110 Å². The van der Waals surface area contributed by atoms with Gasteiger partial charge in [0.1, 0.15) is 25.3 Å². The molecule has 0 saturated carbocycles. The van der Waals surface area contributed by atoms with Crippen molar-refractivity contribution >= 4 is 161 Å². The zero-order valence-electron chi connectivity index (χ0n) is 62.7. The lowest BCUT2D eigenvalue weighted by Gasteiger charge is -2.29. The smallest absolute Gasteiger partial charge is 0.296 e. The number of anilines is 1. The molecule has 15 rings (SSSR count). The van der Waals surface area contributed by atoms with Crippen LogP contribution in [0.2, 0.25) is 0 Å². The Morgan fingerprint density at radius 1 is 0.500 bits per heavy atom. The Morgan fingerprint density at radius 2 is 0.918 bits per heavy atom. The summed E-state index contributed by atoms with van der Waals surface area (Å²) in [6.45, 7) is 8.90. The molecule has 8 aromatic carbocycles. The van der Waals surface area contributed by atoms with Crippen LogP contribution in [0.15, 0.2) is 237 Å². The van der Waals surface area contributed by atoms with Gasteiger partial charge >= 0.3 is 0 Å². The first-order valence-corrected chi connectivity index (χ1v) is 39.2. The number of carbonyl (C=O) groups excluding carboxylic acids is 2. The van der Waals surface area contributed by atoms with Crippen LogP contribution in [0.1, 0.15) is 38.1 Å². The molecule has 6 aliphatic rings. The normalized spacial score (nSPS) is 17.3. The summed E-state index contributed by atoms with van der Waals surface area (Å²) in [6, 6.07) is 72.8. The molecule has 7 heterocycles. The molecule has 0 bridgehead atoms. The highest BCUT2D eigenvalue weighted by molar-refractivity contribution is 8.11. The van der Waals surface area contributed by atoms with Gasteiger partial charge in [0.2, 0.25) is 0 Å². The zero-order chi connectivity index (χ0) is 79.1. The molecule has 31 heteroatoms. The van der Waals surface area contributed by atoms with Crippen molar-refractivity contribution in [3.63, 3.8) is 0 Å². The molecule has 0 N–H and O–H groups in total. The topological polar surface area (TPSA) is 178 Å². The summed E-state index contributed by atoms with van der Waals surface area (Å²) < 4.78 is 11.7. The molecule has 4 atom stereocenters. The second kappa shape index (κ2) is 40.8. The van der Waals surface area contributed by atoms with Crippen molar-refractivity contribution in [3.05, 3.63) is 218 Å². The van der Waals surface area contributed by atoms with Crippen LogP contribution in [0.5, 0.6) is 0 Å². The maximum absolute atomic E-state index is 10.1. The summed E-state index contributed by atoms with van der Waals surface area (Å²) >= 11 is 41.4. The van der Waals surface area contributed by atoms with Gasteiger partial charge in [0, 0.05) is 99.6 Å². The molecule has 22 nitrogen and oxygen atoms in total. The van der Waals surface area contributed by atoms with Crippen LogP contribution in [0, 0.1) is 6.92 Å². The molecule has 0 spiro atoms. The highest BCUT2D eigenvalue weighted by Gasteiger charge is 2.28. The number of rotatable bonds is 14. The minimum absolute atomic E-state index is 0.317. The van der Waals surface area contributed by atoms with E-state index in [4.69, 9.17) is 80.1 Å². The van der Waals surface area contributed by atoms with Crippen molar-refractivity contribution in [1.29, 1.82) is 0 Å². The number of para-hydroxylation sites is 1. The summed E-state index contributed by atoms with van der Waals surface area (Å²) in [6.07, 6.45) is 1.93. The van der Waals surface area contributed by atoms with Gasteiger partial charge in [-0.3, -0.25) is 29.3 Å². The van der Waals surface area contributed by atoms with Crippen molar-refractivity contribution in [2.75, 3.05) is 79.9 Å². The Kier molecular flexibility index (Phi) is 31.3. The van der Waals surface area contributed by atoms with Crippen LogP contribution in [0.25, 0.3) is 66.8 Å². The van der Waals surface area contributed by atoms with E-state index in [9.17, 15) is 9.59 Å². The highest BCUT2D eigenvalue weighted by atomic mass is 32.2. The number of amidine groups is 5. The lowest BCUT2D eigenvalue weighted by Crippen LogP contribution is -2.41. The molecule has 0 amide bonds. The van der Waals surface area contributed by atoms with E-state index in [1.807, 2.05) is 128 Å². The third-order valence-corrected chi connectivity index (χ3v) is 21.5. The third kappa shape index (κ3) is 23.0. The number of hydrazone groups is 5. The van der Waals surface area contributed by atoms with Crippen molar-refractivity contribution in [3.8, 4) is 66.8 Å². The molecule has 1 fully saturated rings. The average molecular weight is 1640 g/mol. The Hall–Kier alpha value is -9.70. The predicted molar refractivity (Wildman–Crippen MR) is 469 cm³/mol. The average Bonchev–Trinajstić information content (AvgIpc) is 1.47. The van der Waals surface area contributed by atoms with Crippen molar-refractivity contribution in [2.24, 2.45) is 32.6 Å². The number of thiol groups is 1. The van der Waals surface area contributed by atoms with Gasteiger partial charge in [-0.1, -0.05) is 164 Å². The number of hydrogen-bond acceptors (Lipinski definition) is 29. The van der Waals surface area contributed by atoms with E-state index in [0.29, 0.717) is 61.1 Å². The number of thioether (sulfide) groups is 1. The number of aryl methyl sites for hydroxylation is 2. The van der Waals surface area contributed by atoms with E-state index in [2.05, 4.69) is 241 Å². The van der Waals surface area contributed by atoms with E-state index in [-0.39, 0.29) is 0 Å². The van der Waals surface area contributed by atoms with Gasteiger partial charge in [-0.25, -0.2) is 15.0 Å². The van der Waals surface area contributed by atoms with Gasteiger partial charge in [0.05, 0.1) is 9.57 Å². The number of ether oxygens (including phenoxy) is 2. The first-order chi connectivity index (χ1) is 52.8. The minimum Gasteiger partial charge on any atom is -0.741 e. The summed E-state index contributed by atoms with van der Waals surface area (Å²) in [5.74, 6) is 2.13. The molecular formula is C79H86N18O4S9-6. The second-order valence-corrected chi connectivity index (χ2v) is 30.0. The van der Waals surface area contributed by atoms with Crippen LogP contribution >= 0.6 is 36.6 Å². The quantitative estimate of drug-likeness (QED) is 0.0470. The summed E-state index contributed by atoms with van der Waals surface area (Å²) in [5, 5.41) is 36.5. The van der Waals surface area contributed by atoms with Gasteiger partial charge in [0.15, 0.2) is 0 Å². The summed E-state index contributed by atoms with van der Waals surface area (Å²) in [5.41, 5.74) is 16.2. The standard InChI is InChI=1S/C43H30S2.C9H11N3S.C7H13N3S2.C6H11N3O2S.C5H9N3O2S.C5H11N3S.C4H7N3S/c44-43(45)39-22-10-18-35(26-39)34-17-9-21-38(25-34)42-28-40(36-19-7-15-32(23-36)30-11-3-1-4-12-30)27-41(29-42)37-20-8-16-33(24-37)31-13-5-2-6-14-31;1-11-7-12(9(13)10-11)8-5-3-2-4-6-8;1-9-5-10(7(11)8-9)6-3-2-4-12-6;1-3-9-5(12)7-8(2)6(9)11-4-10;1-7-4(11)6-8(2)5(7)10-3-9;1-4-7(2)5(9)6-8(4)3;1-3-5-4(8)6-7(3)2/h1-29H,(H,44,45);2-6H,7H2,1H3,(H,10,13);6H,2-5H2,1H3,(H,8,11);4,6H,3H2,1-2H3,(H,7,12);3,5H,1-2H3,(H,6,11);4H,1-3H3,(H,6,9);1-2H3,(H,6,8)/p-6. The first kappa shape index (κ1) is 84.3. The van der Waals surface area contributed by atoms with Crippen LogP contribution in [-0.4, -0.2) is 202 Å². The largest absolute Gasteiger partial charge is 0.741 e. The van der Waals surface area contributed by atoms with Crippen LogP contribution in [0.3, 0.4) is 0 Å². The zero-order valence-corrected chi connectivity index (χ0v) is 70.2. The van der Waals surface area contributed by atoms with E-state index >= 15 is 0 Å².